The maximum atomic E-state index is 5.52. The van der Waals surface area contributed by atoms with Crippen LogP contribution in [0.3, 0.4) is 0 Å². The molecule has 100 valence electrons. The van der Waals surface area contributed by atoms with E-state index in [4.69, 9.17) is 4.74 Å². The number of aryl methyl sites for hydroxylation is 1. The molecule has 1 aromatic carbocycles. The molecule has 0 unspecified atom stereocenters. The summed E-state index contributed by atoms with van der Waals surface area (Å²) in [7, 11) is 0. The largest absolute Gasteiger partial charge is 0.364 e. The molecule has 0 heterocycles. The van der Waals surface area contributed by atoms with Crippen LogP contribution in [0.5, 0.6) is 0 Å². The highest BCUT2D eigenvalue weighted by molar-refractivity contribution is 5.36. The van der Waals surface area contributed by atoms with Crippen molar-refractivity contribution in [3.8, 4) is 11.8 Å². The first-order valence-electron chi connectivity index (χ1n) is 6.98. The van der Waals surface area contributed by atoms with E-state index in [0.717, 1.165) is 25.9 Å². The van der Waals surface area contributed by atoms with Gasteiger partial charge in [0.15, 0.2) is 0 Å². The second-order valence-electron chi connectivity index (χ2n) is 5.58. The van der Waals surface area contributed by atoms with Crippen LogP contribution in [0.25, 0.3) is 0 Å². The van der Waals surface area contributed by atoms with E-state index in [-0.39, 0.29) is 0 Å². The summed E-state index contributed by atoms with van der Waals surface area (Å²) < 4.78 is 5.52. The number of allylic oxidation sites excluding steroid dienone is 1. The Bertz CT molecular complexity index is 485. The number of ether oxygens (including phenoxy) is 1. The van der Waals surface area contributed by atoms with Crippen LogP contribution in [-0.2, 0) is 11.2 Å². The third kappa shape index (κ3) is 4.93. The zero-order chi connectivity index (χ0) is 13.6. The first-order chi connectivity index (χ1) is 9.18. The molecule has 1 aliphatic carbocycles. The van der Waals surface area contributed by atoms with Gasteiger partial charge in [-0.3, -0.25) is 0 Å². The molecule has 1 aromatic rings. The van der Waals surface area contributed by atoms with E-state index in [1.807, 2.05) is 0 Å². The van der Waals surface area contributed by atoms with Gasteiger partial charge in [-0.15, -0.1) is 5.92 Å². The molecule has 0 saturated heterocycles. The first-order valence-corrected chi connectivity index (χ1v) is 6.98. The molecule has 1 heteroatoms. The van der Waals surface area contributed by atoms with Crippen molar-refractivity contribution in [1.82, 2.24) is 0 Å². The Morgan fingerprint density at radius 1 is 1.11 bits per heavy atom. The zero-order valence-electron chi connectivity index (χ0n) is 11.9. The molecule has 2 rings (SSSR count). The van der Waals surface area contributed by atoms with E-state index >= 15 is 0 Å². The van der Waals surface area contributed by atoms with E-state index in [9.17, 15) is 0 Å². The number of unbranched alkanes of at least 4 members (excludes halogenated alkanes) is 1. The summed E-state index contributed by atoms with van der Waals surface area (Å²) in [5, 5.41) is 0. The Hall–Kier alpha value is -1.52. The molecule has 1 nitrogen and oxygen atoms in total. The van der Waals surface area contributed by atoms with Crippen molar-refractivity contribution in [1.29, 1.82) is 0 Å². The van der Waals surface area contributed by atoms with Crippen molar-refractivity contribution in [2.45, 2.75) is 33.1 Å². The quantitative estimate of drug-likeness (QED) is 0.423. The molecule has 19 heavy (non-hydrogen) atoms. The molecule has 0 aliphatic heterocycles. The fourth-order valence-electron chi connectivity index (χ4n) is 2.00. The van der Waals surface area contributed by atoms with Gasteiger partial charge in [-0.1, -0.05) is 56.2 Å². The predicted octanol–water partition coefficient (Wildman–Crippen LogP) is 4.00. The maximum Gasteiger partial charge on any atom is 0.108 e. The molecule has 1 aliphatic rings. The van der Waals surface area contributed by atoms with Gasteiger partial charge in [0.25, 0.3) is 0 Å². The van der Waals surface area contributed by atoms with E-state index in [2.05, 4.69) is 62.1 Å². The fraction of sp³-hybridized carbons (Fsp3) is 0.444. The standard InChI is InChI=1S/C18H22O/c1-18(2)14-17(18)15-19-13-9-4-3-6-10-16-11-7-5-8-12-16/h5,7-8,11-12,14H,3,6,10,13,15H2,1-2H3. The van der Waals surface area contributed by atoms with Gasteiger partial charge < -0.3 is 4.74 Å². The van der Waals surface area contributed by atoms with Gasteiger partial charge >= 0.3 is 0 Å². The molecular weight excluding hydrogens is 232 g/mol. The topological polar surface area (TPSA) is 9.23 Å². The van der Waals surface area contributed by atoms with Crippen LogP contribution in [0, 0.1) is 17.3 Å². The Balaban J connectivity index is 1.50. The first kappa shape index (κ1) is 13.9. The Morgan fingerprint density at radius 2 is 1.84 bits per heavy atom. The average Bonchev–Trinajstić information content (AvgIpc) is 3.01. The normalized spacial score (nSPS) is 15.4. The van der Waals surface area contributed by atoms with Crippen LogP contribution in [0.4, 0.5) is 0 Å². The Morgan fingerprint density at radius 3 is 2.53 bits per heavy atom. The van der Waals surface area contributed by atoms with E-state index < -0.39 is 0 Å². The average molecular weight is 254 g/mol. The van der Waals surface area contributed by atoms with Crippen molar-refractivity contribution in [3.05, 3.63) is 47.5 Å². The lowest BCUT2D eigenvalue weighted by atomic mass is 10.1. The molecule has 0 bridgehead atoms. The second-order valence-corrected chi connectivity index (χ2v) is 5.58. The highest BCUT2D eigenvalue weighted by Crippen LogP contribution is 2.42. The molecule has 0 N–H and O–H groups in total. The number of rotatable bonds is 6. The molecular formula is C18H22O. The van der Waals surface area contributed by atoms with Gasteiger partial charge in [0.1, 0.15) is 6.61 Å². The molecule has 0 amide bonds. The summed E-state index contributed by atoms with van der Waals surface area (Å²) in [5.41, 5.74) is 3.10. The lowest BCUT2D eigenvalue weighted by molar-refractivity contribution is 0.189. The van der Waals surface area contributed by atoms with E-state index in [1.165, 1.54) is 11.1 Å². The van der Waals surface area contributed by atoms with Crippen molar-refractivity contribution in [3.63, 3.8) is 0 Å². The third-order valence-corrected chi connectivity index (χ3v) is 3.45. The molecule has 0 saturated carbocycles. The number of hydrogen-bond donors (Lipinski definition) is 0. The lowest BCUT2D eigenvalue weighted by Gasteiger charge is -2.02. The predicted molar refractivity (Wildman–Crippen MR) is 79.8 cm³/mol. The zero-order valence-corrected chi connectivity index (χ0v) is 11.9. The second kappa shape index (κ2) is 6.59. The van der Waals surface area contributed by atoms with E-state index in [0.29, 0.717) is 12.0 Å². The van der Waals surface area contributed by atoms with Crippen molar-refractivity contribution in [2.24, 2.45) is 5.41 Å². The van der Waals surface area contributed by atoms with Crippen LogP contribution >= 0.6 is 0 Å². The lowest BCUT2D eigenvalue weighted by Crippen LogP contribution is -1.99. The maximum absolute atomic E-state index is 5.52. The minimum atomic E-state index is 0.309. The van der Waals surface area contributed by atoms with Gasteiger partial charge in [0, 0.05) is 11.8 Å². The van der Waals surface area contributed by atoms with Gasteiger partial charge in [-0.25, -0.2) is 0 Å². The van der Waals surface area contributed by atoms with Gasteiger partial charge in [-0.2, -0.15) is 0 Å². The number of hydrogen-bond acceptors (Lipinski definition) is 1. The van der Waals surface area contributed by atoms with Crippen LogP contribution in [0.2, 0.25) is 0 Å². The van der Waals surface area contributed by atoms with Crippen molar-refractivity contribution >= 4 is 0 Å². The molecule has 0 spiro atoms. The van der Waals surface area contributed by atoms with Crippen molar-refractivity contribution in [2.75, 3.05) is 13.2 Å². The Labute approximate surface area is 116 Å². The number of benzene rings is 1. The van der Waals surface area contributed by atoms with E-state index in [1.54, 1.807) is 0 Å². The monoisotopic (exact) mass is 254 g/mol. The molecule has 0 atom stereocenters. The summed E-state index contributed by atoms with van der Waals surface area (Å²) in [6.45, 7) is 5.71. The molecule has 0 aromatic heterocycles. The van der Waals surface area contributed by atoms with Crippen LogP contribution in [-0.4, -0.2) is 13.2 Å². The highest BCUT2D eigenvalue weighted by atomic mass is 16.5. The van der Waals surface area contributed by atoms with Gasteiger partial charge in [0.2, 0.25) is 0 Å². The third-order valence-electron chi connectivity index (χ3n) is 3.45. The summed E-state index contributed by atoms with van der Waals surface area (Å²) in [6.07, 6.45) is 5.43. The minimum Gasteiger partial charge on any atom is -0.364 e. The summed E-state index contributed by atoms with van der Waals surface area (Å²) in [4.78, 5) is 0. The van der Waals surface area contributed by atoms with Crippen LogP contribution in [0.15, 0.2) is 42.0 Å². The SMILES string of the molecule is CC1(C)C=C1COCC#CCCCc1ccccc1. The smallest absolute Gasteiger partial charge is 0.108 e. The van der Waals surface area contributed by atoms with Crippen LogP contribution in [0.1, 0.15) is 32.3 Å². The summed E-state index contributed by atoms with van der Waals surface area (Å²) in [6, 6.07) is 10.6. The molecule has 0 fully saturated rings. The van der Waals surface area contributed by atoms with Crippen LogP contribution < -0.4 is 0 Å². The summed E-state index contributed by atoms with van der Waals surface area (Å²) >= 11 is 0. The minimum absolute atomic E-state index is 0.309. The summed E-state index contributed by atoms with van der Waals surface area (Å²) in [5.74, 6) is 6.26. The van der Waals surface area contributed by atoms with Gasteiger partial charge in [0.05, 0.1) is 6.61 Å². The fourth-order valence-corrected chi connectivity index (χ4v) is 2.00. The Kier molecular flexibility index (Phi) is 4.82. The highest BCUT2D eigenvalue weighted by Gasteiger charge is 2.32. The van der Waals surface area contributed by atoms with Crippen molar-refractivity contribution < 1.29 is 4.74 Å². The van der Waals surface area contributed by atoms with Gasteiger partial charge in [-0.05, 0) is 24.0 Å². The molecule has 0 radical (unpaired) electrons.